The minimum absolute atomic E-state index is 0.331. The van der Waals surface area contributed by atoms with Gasteiger partial charge in [-0.05, 0) is 38.7 Å². The average molecular weight is 249 g/mol. The van der Waals surface area contributed by atoms with E-state index < -0.39 is 5.97 Å². The van der Waals surface area contributed by atoms with Gasteiger partial charge in [-0.25, -0.2) is 9.78 Å². The first kappa shape index (κ1) is 12.7. The van der Waals surface area contributed by atoms with Gasteiger partial charge in [-0.2, -0.15) is 0 Å². The van der Waals surface area contributed by atoms with Gasteiger partial charge in [0.1, 0.15) is 5.82 Å². The van der Waals surface area contributed by atoms with Gasteiger partial charge >= 0.3 is 5.97 Å². The van der Waals surface area contributed by atoms with E-state index in [0.717, 1.165) is 0 Å². The first-order valence-electron chi connectivity index (χ1n) is 6.31. The molecule has 3 N–H and O–H groups in total. The molecule has 0 bridgehead atoms. The number of esters is 1. The monoisotopic (exact) mass is 249 g/mol. The highest BCUT2D eigenvalue weighted by molar-refractivity contribution is 5.97. The normalized spacial score (nSPS) is 16.1. The lowest BCUT2D eigenvalue weighted by Gasteiger charge is -2.16. The maximum absolute atomic E-state index is 11.7. The third kappa shape index (κ3) is 2.72. The van der Waals surface area contributed by atoms with Gasteiger partial charge in [-0.3, -0.25) is 0 Å². The van der Waals surface area contributed by atoms with Crippen molar-refractivity contribution in [2.24, 2.45) is 5.92 Å². The molecular weight excluding hydrogens is 230 g/mol. The summed E-state index contributed by atoms with van der Waals surface area (Å²) in [6, 6.07) is 1.91. The lowest BCUT2D eigenvalue weighted by atomic mass is 10.2. The molecule has 0 radical (unpaired) electrons. The number of aromatic nitrogens is 1. The average Bonchev–Trinajstić information content (AvgIpc) is 3.16. The molecule has 1 unspecified atom stereocenters. The summed E-state index contributed by atoms with van der Waals surface area (Å²) in [6.45, 7) is 4.21. The van der Waals surface area contributed by atoms with Gasteiger partial charge in [0.2, 0.25) is 0 Å². The van der Waals surface area contributed by atoms with Crippen molar-refractivity contribution >= 4 is 17.5 Å². The zero-order valence-electron chi connectivity index (χ0n) is 10.8. The Kier molecular flexibility index (Phi) is 3.69. The smallest absolute Gasteiger partial charge is 0.340 e. The Morgan fingerprint density at radius 1 is 1.67 bits per heavy atom. The van der Waals surface area contributed by atoms with Gasteiger partial charge in [-0.15, -0.1) is 0 Å². The van der Waals surface area contributed by atoms with Crippen LogP contribution in [0.5, 0.6) is 0 Å². The van der Waals surface area contributed by atoms with Crippen molar-refractivity contribution < 1.29 is 9.53 Å². The van der Waals surface area contributed by atoms with Gasteiger partial charge in [0.25, 0.3) is 0 Å². The first-order valence-corrected chi connectivity index (χ1v) is 6.31. The molecule has 2 rings (SSSR count). The summed E-state index contributed by atoms with van der Waals surface area (Å²) in [5.41, 5.74) is 6.69. The number of carbonyl (C=O) groups is 1. The quantitative estimate of drug-likeness (QED) is 0.781. The lowest BCUT2D eigenvalue weighted by molar-refractivity contribution is 0.0527. The highest BCUT2D eigenvalue weighted by atomic mass is 16.5. The second-order valence-electron chi connectivity index (χ2n) is 4.61. The summed E-state index contributed by atoms with van der Waals surface area (Å²) in [4.78, 5) is 15.9. The molecule has 5 heteroatoms. The molecule has 0 saturated heterocycles. The number of ether oxygens (including phenoxy) is 1. The van der Waals surface area contributed by atoms with E-state index in [2.05, 4.69) is 17.2 Å². The van der Waals surface area contributed by atoms with Crippen LogP contribution in [0.15, 0.2) is 12.3 Å². The van der Waals surface area contributed by atoms with Gasteiger partial charge in [-0.1, -0.05) is 0 Å². The van der Waals surface area contributed by atoms with Crippen molar-refractivity contribution in [3.63, 3.8) is 0 Å². The molecule has 0 amide bonds. The van der Waals surface area contributed by atoms with E-state index in [0.29, 0.717) is 35.6 Å². The van der Waals surface area contributed by atoms with E-state index in [9.17, 15) is 4.79 Å². The number of nitrogens with zero attached hydrogens (tertiary/aromatic N) is 1. The topological polar surface area (TPSA) is 77.2 Å². The van der Waals surface area contributed by atoms with Crippen molar-refractivity contribution in [3.8, 4) is 0 Å². The molecule has 0 spiro atoms. The Morgan fingerprint density at radius 2 is 2.39 bits per heavy atom. The molecule has 1 aliphatic carbocycles. The number of nitrogen functional groups attached to an aromatic ring is 1. The maximum Gasteiger partial charge on any atom is 0.340 e. The molecular formula is C13H19N3O2. The lowest BCUT2D eigenvalue weighted by Crippen LogP contribution is -2.20. The number of hydrogen-bond donors (Lipinski definition) is 2. The second kappa shape index (κ2) is 5.25. The molecule has 18 heavy (non-hydrogen) atoms. The number of carbonyl (C=O) groups excluding carboxylic acids is 1. The standard InChI is InChI=1S/C13H19N3O2/c1-3-18-13(17)10-6-7-15-12(11(10)14)16-8(2)9-4-5-9/h6-9H,3-5,14H2,1-2H3,(H,15,16). The van der Waals surface area contributed by atoms with Gasteiger partial charge in [0, 0.05) is 12.2 Å². The molecule has 0 aliphatic heterocycles. The van der Waals surface area contributed by atoms with Crippen LogP contribution in [0.25, 0.3) is 0 Å². The summed E-state index contributed by atoms with van der Waals surface area (Å²) in [5, 5.41) is 3.27. The number of nitrogens with one attached hydrogen (secondary N) is 1. The molecule has 1 heterocycles. The van der Waals surface area contributed by atoms with Crippen LogP contribution in [0.4, 0.5) is 11.5 Å². The zero-order valence-corrected chi connectivity index (χ0v) is 10.8. The highest BCUT2D eigenvalue weighted by Gasteiger charge is 2.28. The van der Waals surface area contributed by atoms with Crippen LogP contribution >= 0.6 is 0 Å². The minimum Gasteiger partial charge on any atom is -0.462 e. The fraction of sp³-hybridized carbons (Fsp3) is 0.538. The van der Waals surface area contributed by atoms with Crippen molar-refractivity contribution in [1.82, 2.24) is 4.98 Å². The van der Waals surface area contributed by atoms with E-state index in [4.69, 9.17) is 10.5 Å². The van der Waals surface area contributed by atoms with Crippen molar-refractivity contribution in [2.45, 2.75) is 32.7 Å². The number of rotatable bonds is 5. The first-order chi connectivity index (χ1) is 8.63. The SMILES string of the molecule is CCOC(=O)c1ccnc(NC(C)C2CC2)c1N. The van der Waals surface area contributed by atoms with Gasteiger partial charge < -0.3 is 15.8 Å². The molecule has 1 saturated carbocycles. The van der Waals surface area contributed by atoms with E-state index >= 15 is 0 Å². The molecule has 98 valence electrons. The van der Waals surface area contributed by atoms with E-state index in [1.807, 2.05) is 0 Å². The molecule has 1 aromatic heterocycles. The molecule has 1 fully saturated rings. The summed E-state index contributed by atoms with van der Waals surface area (Å²) in [6.07, 6.45) is 4.06. The molecule has 1 atom stereocenters. The van der Waals surface area contributed by atoms with Crippen LogP contribution in [-0.2, 0) is 4.74 Å². The predicted octanol–water partition coefficient (Wildman–Crippen LogP) is 2.05. The molecule has 1 aliphatic rings. The second-order valence-corrected chi connectivity index (χ2v) is 4.61. The van der Waals surface area contributed by atoms with Crippen LogP contribution < -0.4 is 11.1 Å². The van der Waals surface area contributed by atoms with E-state index in [1.54, 1.807) is 19.2 Å². The third-order valence-corrected chi connectivity index (χ3v) is 3.18. The van der Waals surface area contributed by atoms with Crippen LogP contribution in [0.3, 0.4) is 0 Å². The Balaban J connectivity index is 2.15. The number of hydrogen-bond acceptors (Lipinski definition) is 5. The number of anilines is 2. The van der Waals surface area contributed by atoms with Crippen molar-refractivity contribution in [1.29, 1.82) is 0 Å². The van der Waals surface area contributed by atoms with Crippen LogP contribution in [0.2, 0.25) is 0 Å². The van der Waals surface area contributed by atoms with Crippen LogP contribution in [0, 0.1) is 5.92 Å². The number of pyridine rings is 1. The van der Waals surface area contributed by atoms with Crippen LogP contribution in [0.1, 0.15) is 37.0 Å². The zero-order chi connectivity index (χ0) is 13.1. The van der Waals surface area contributed by atoms with E-state index in [1.165, 1.54) is 12.8 Å². The Hall–Kier alpha value is -1.78. The van der Waals surface area contributed by atoms with Crippen molar-refractivity contribution in [3.05, 3.63) is 17.8 Å². The minimum atomic E-state index is -0.403. The fourth-order valence-electron chi connectivity index (χ4n) is 1.90. The summed E-state index contributed by atoms with van der Waals surface area (Å²) in [5.74, 6) is 0.858. The van der Waals surface area contributed by atoms with Gasteiger partial charge in [0.15, 0.2) is 0 Å². The third-order valence-electron chi connectivity index (χ3n) is 3.18. The van der Waals surface area contributed by atoms with Crippen LogP contribution in [-0.4, -0.2) is 23.6 Å². The maximum atomic E-state index is 11.7. The Labute approximate surface area is 107 Å². The van der Waals surface area contributed by atoms with Gasteiger partial charge in [0.05, 0.1) is 17.9 Å². The highest BCUT2D eigenvalue weighted by Crippen LogP contribution is 2.34. The fourth-order valence-corrected chi connectivity index (χ4v) is 1.90. The molecule has 0 aromatic carbocycles. The summed E-state index contributed by atoms with van der Waals surface area (Å²) >= 11 is 0. The van der Waals surface area contributed by atoms with E-state index in [-0.39, 0.29) is 0 Å². The number of nitrogens with two attached hydrogens (primary N) is 1. The molecule has 5 nitrogen and oxygen atoms in total. The Bertz CT molecular complexity index is 444. The summed E-state index contributed by atoms with van der Waals surface area (Å²) in [7, 11) is 0. The molecule has 1 aromatic rings. The largest absolute Gasteiger partial charge is 0.462 e. The summed E-state index contributed by atoms with van der Waals surface area (Å²) < 4.78 is 4.95. The van der Waals surface area contributed by atoms with Crippen molar-refractivity contribution in [2.75, 3.05) is 17.7 Å². The predicted molar refractivity (Wildman–Crippen MR) is 70.4 cm³/mol. The Morgan fingerprint density at radius 3 is 3.00 bits per heavy atom.